The number of carbonyl (C=O) groups excluding carboxylic acids is 1. The van der Waals surface area contributed by atoms with E-state index in [0.717, 1.165) is 0 Å². The molecule has 2 aromatic rings. The average Bonchev–Trinajstić information content (AvgIpc) is 2.64. The van der Waals surface area contributed by atoms with Crippen molar-refractivity contribution in [2.45, 2.75) is 6.92 Å². The zero-order valence-corrected chi connectivity index (χ0v) is 8.43. The Kier molecular flexibility index (Phi) is 2.50. The van der Waals surface area contributed by atoms with Crippen LogP contribution in [0, 0.1) is 6.92 Å². The fourth-order valence-electron chi connectivity index (χ4n) is 1.13. The van der Waals surface area contributed by atoms with Crippen LogP contribution in [0.4, 0.5) is 5.95 Å². The number of hydrogen-bond acceptors (Lipinski definition) is 5. The fraction of sp³-hybridized carbons (Fsp3) is 0.111. The minimum atomic E-state index is -0.558. The molecule has 7 nitrogen and oxygen atoms in total. The van der Waals surface area contributed by atoms with E-state index in [4.69, 9.17) is 0 Å². The van der Waals surface area contributed by atoms with Crippen LogP contribution in [-0.4, -0.2) is 31.2 Å². The Morgan fingerprint density at radius 1 is 1.56 bits per heavy atom. The summed E-state index contributed by atoms with van der Waals surface area (Å²) in [6, 6.07) is 2.91. The van der Waals surface area contributed by atoms with Crippen molar-refractivity contribution in [3.8, 4) is 5.75 Å². The normalized spacial score (nSPS) is 10.1. The van der Waals surface area contributed by atoms with Gasteiger partial charge in [0.2, 0.25) is 5.95 Å². The van der Waals surface area contributed by atoms with Crippen molar-refractivity contribution in [1.82, 2.24) is 20.2 Å². The van der Waals surface area contributed by atoms with Gasteiger partial charge in [0.25, 0.3) is 5.91 Å². The summed E-state index contributed by atoms with van der Waals surface area (Å²) in [5.41, 5.74) is -0.0649. The molecular weight excluding hydrogens is 210 g/mol. The number of aryl methyl sites for hydroxylation is 1. The van der Waals surface area contributed by atoms with Crippen molar-refractivity contribution in [2.75, 3.05) is 5.32 Å². The van der Waals surface area contributed by atoms with Gasteiger partial charge in [-0.2, -0.15) is 4.98 Å². The molecule has 0 aliphatic rings. The van der Waals surface area contributed by atoms with E-state index in [-0.39, 0.29) is 17.4 Å². The van der Waals surface area contributed by atoms with Gasteiger partial charge in [-0.15, -0.1) is 5.10 Å². The number of aromatic nitrogens is 4. The smallest absolute Gasteiger partial charge is 0.280 e. The Morgan fingerprint density at radius 2 is 2.38 bits per heavy atom. The highest BCUT2D eigenvalue weighted by atomic mass is 16.3. The maximum absolute atomic E-state index is 11.6. The Hall–Kier alpha value is -2.44. The van der Waals surface area contributed by atoms with Crippen molar-refractivity contribution < 1.29 is 9.90 Å². The van der Waals surface area contributed by atoms with Gasteiger partial charge >= 0.3 is 0 Å². The molecule has 0 spiro atoms. The molecular formula is C9H9N5O2. The molecule has 0 bridgehead atoms. The molecule has 0 aliphatic carbocycles. The third kappa shape index (κ3) is 1.97. The highest BCUT2D eigenvalue weighted by Gasteiger charge is 2.13. The fourth-order valence-corrected chi connectivity index (χ4v) is 1.13. The van der Waals surface area contributed by atoms with Crippen LogP contribution >= 0.6 is 0 Å². The monoisotopic (exact) mass is 219 g/mol. The first kappa shape index (κ1) is 10.1. The predicted molar refractivity (Wildman–Crippen MR) is 55.0 cm³/mol. The molecule has 82 valence electrons. The SMILES string of the molecule is Cc1nc(NC(=O)c2ncccc2O)n[nH]1. The molecule has 0 aromatic carbocycles. The number of anilines is 1. The van der Waals surface area contributed by atoms with E-state index in [1.807, 2.05) is 0 Å². The molecule has 7 heteroatoms. The molecule has 0 unspecified atom stereocenters. The summed E-state index contributed by atoms with van der Waals surface area (Å²) in [5.74, 6) is -0.0162. The topological polar surface area (TPSA) is 104 Å². The Balaban J connectivity index is 2.18. The Labute approximate surface area is 90.6 Å². The Morgan fingerprint density at radius 3 is 3.00 bits per heavy atom. The van der Waals surface area contributed by atoms with Crippen LogP contribution in [0.1, 0.15) is 16.3 Å². The number of amides is 1. The standard InChI is InChI=1S/C9H9N5O2/c1-5-11-9(14-13-5)12-8(16)7-6(15)3-2-4-10-7/h2-4,15H,1H3,(H2,11,12,13,14,16). The molecule has 0 saturated carbocycles. The van der Waals surface area contributed by atoms with E-state index in [1.165, 1.54) is 18.3 Å². The number of carbonyl (C=O) groups is 1. The van der Waals surface area contributed by atoms with Crippen LogP contribution in [0.15, 0.2) is 18.3 Å². The van der Waals surface area contributed by atoms with Crippen molar-refractivity contribution in [1.29, 1.82) is 0 Å². The minimum Gasteiger partial charge on any atom is -0.505 e. The van der Waals surface area contributed by atoms with Gasteiger partial charge in [0, 0.05) is 6.20 Å². The number of aromatic hydroxyl groups is 1. The molecule has 0 saturated heterocycles. The molecule has 2 aromatic heterocycles. The number of rotatable bonds is 2. The summed E-state index contributed by atoms with van der Waals surface area (Å²) >= 11 is 0. The summed E-state index contributed by atoms with van der Waals surface area (Å²) in [7, 11) is 0. The Bertz CT molecular complexity index is 522. The maximum atomic E-state index is 11.6. The predicted octanol–water partition coefficient (Wildman–Crippen LogP) is 0.466. The van der Waals surface area contributed by atoms with E-state index in [0.29, 0.717) is 5.82 Å². The van der Waals surface area contributed by atoms with Crippen LogP contribution in [0.3, 0.4) is 0 Å². The van der Waals surface area contributed by atoms with Gasteiger partial charge in [-0.25, -0.2) is 4.98 Å². The van der Waals surface area contributed by atoms with Crippen LogP contribution in [0.2, 0.25) is 0 Å². The maximum Gasteiger partial charge on any atom is 0.280 e. The van der Waals surface area contributed by atoms with E-state index in [9.17, 15) is 9.90 Å². The summed E-state index contributed by atoms with van der Waals surface area (Å²) in [4.78, 5) is 19.3. The summed E-state index contributed by atoms with van der Waals surface area (Å²) in [5, 5.41) is 18.1. The molecule has 2 heterocycles. The molecule has 3 N–H and O–H groups in total. The second-order valence-corrected chi connectivity index (χ2v) is 3.07. The van der Waals surface area contributed by atoms with E-state index < -0.39 is 5.91 Å². The molecule has 0 fully saturated rings. The first-order valence-corrected chi connectivity index (χ1v) is 4.51. The number of pyridine rings is 1. The summed E-state index contributed by atoms with van der Waals surface area (Å²) in [6.07, 6.45) is 1.41. The van der Waals surface area contributed by atoms with Gasteiger partial charge in [0.05, 0.1) is 0 Å². The molecule has 0 radical (unpaired) electrons. The minimum absolute atomic E-state index is 0.0649. The van der Waals surface area contributed by atoms with Gasteiger partial charge in [-0.05, 0) is 19.1 Å². The van der Waals surface area contributed by atoms with Crippen LogP contribution < -0.4 is 5.32 Å². The van der Waals surface area contributed by atoms with Crippen molar-refractivity contribution >= 4 is 11.9 Å². The highest BCUT2D eigenvalue weighted by molar-refractivity contribution is 6.03. The number of hydrogen-bond donors (Lipinski definition) is 3. The average molecular weight is 219 g/mol. The molecule has 2 rings (SSSR count). The lowest BCUT2D eigenvalue weighted by Crippen LogP contribution is -2.14. The number of aromatic amines is 1. The summed E-state index contributed by atoms with van der Waals surface area (Å²) < 4.78 is 0. The largest absolute Gasteiger partial charge is 0.505 e. The van der Waals surface area contributed by atoms with Crippen LogP contribution in [0.5, 0.6) is 5.75 Å². The number of nitrogens with zero attached hydrogens (tertiary/aromatic N) is 3. The van der Waals surface area contributed by atoms with Gasteiger partial charge in [0.1, 0.15) is 11.6 Å². The zero-order chi connectivity index (χ0) is 11.5. The van der Waals surface area contributed by atoms with Crippen molar-refractivity contribution in [2.24, 2.45) is 0 Å². The zero-order valence-electron chi connectivity index (χ0n) is 8.43. The highest BCUT2D eigenvalue weighted by Crippen LogP contribution is 2.13. The van der Waals surface area contributed by atoms with E-state index >= 15 is 0 Å². The molecule has 1 amide bonds. The lowest BCUT2D eigenvalue weighted by molar-refractivity contribution is 0.101. The molecule has 16 heavy (non-hydrogen) atoms. The lowest BCUT2D eigenvalue weighted by atomic mass is 10.3. The summed E-state index contributed by atoms with van der Waals surface area (Å²) in [6.45, 7) is 1.71. The molecule has 0 aliphatic heterocycles. The first-order chi connectivity index (χ1) is 7.66. The third-order valence-corrected chi connectivity index (χ3v) is 1.82. The van der Waals surface area contributed by atoms with Gasteiger partial charge in [-0.1, -0.05) is 0 Å². The van der Waals surface area contributed by atoms with Crippen molar-refractivity contribution in [3.63, 3.8) is 0 Å². The van der Waals surface area contributed by atoms with Gasteiger partial charge in [-0.3, -0.25) is 15.2 Å². The second kappa shape index (κ2) is 3.97. The van der Waals surface area contributed by atoms with Gasteiger partial charge < -0.3 is 5.11 Å². The quantitative estimate of drug-likeness (QED) is 0.680. The second-order valence-electron chi connectivity index (χ2n) is 3.07. The number of nitrogens with one attached hydrogen (secondary N) is 2. The van der Waals surface area contributed by atoms with E-state index in [1.54, 1.807) is 6.92 Å². The van der Waals surface area contributed by atoms with Crippen LogP contribution in [0.25, 0.3) is 0 Å². The third-order valence-electron chi connectivity index (χ3n) is 1.82. The van der Waals surface area contributed by atoms with E-state index in [2.05, 4.69) is 25.5 Å². The molecule has 0 atom stereocenters. The van der Waals surface area contributed by atoms with Crippen LogP contribution in [-0.2, 0) is 0 Å². The number of H-pyrrole nitrogens is 1. The van der Waals surface area contributed by atoms with Crippen molar-refractivity contribution in [3.05, 3.63) is 29.8 Å². The van der Waals surface area contributed by atoms with Gasteiger partial charge in [0.15, 0.2) is 5.69 Å². The first-order valence-electron chi connectivity index (χ1n) is 4.51. The lowest BCUT2D eigenvalue weighted by Gasteiger charge is -2.01.